The Labute approximate surface area is 190 Å². The van der Waals surface area contributed by atoms with Crippen LogP contribution in [0.5, 0.6) is 0 Å². The summed E-state index contributed by atoms with van der Waals surface area (Å²) >= 11 is 0. The van der Waals surface area contributed by atoms with E-state index in [1.165, 1.54) is 0 Å². The fourth-order valence-corrected chi connectivity index (χ4v) is 5.37. The third-order valence-electron chi connectivity index (χ3n) is 8.20. The summed E-state index contributed by atoms with van der Waals surface area (Å²) in [6.07, 6.45) is 2.77. The molecular formula is C24H33BN2O5. The number of ether oxygens (including phenoxy) is 1. The van der Waals surface area contributed by atoms with Crippen molar-refractivity contribution >= 4 is 30.1 Å². The number of nitrogens with one attached hydrogen (secondary N) is 1. The highest BCUT2D eigenvalue weighted by Gasteiger charge is 2.53. The van der Waals surface area contributed by atoms with Gasteiger partial charge >= 0.3 is 7.12 Å². The van der Waals surface area contributed by atoms with Crippen LogP contribution < -0.4 is 10.8 Å². The number of rotatable bonds is 2. The fourth-order valence-electron chi connectivity index (χ4n) is 5.37. The number of amides is 2. The molecule has 0 aliphatic carbocycles. The molecule has 5 rings (SSSR count). The van der Waals surface area contributed by atoms with E-state index >= 15 is 0 Å². The van der Waals surface area contributed by atoms with E-state index in [1.807, 2.05) is 57.7 Å². The van der Waals surface area contributed by atoms with Gasteiger partial charge in [-0.15, -0.1) is 0 Å². The molecule has 8 heteroatoms. The number of anilines is 1. The van der Waals surface area contributed by atoms with Crippen molar-refractivity contribution in [2.75, 3.05) is 18.4 Å². The molecular weight excluding hydrogens is 407 g/mol. The van der Waals surface area contributed by atoms with E-state index in [2.05, 4.69) is 5.32 Å². The number of hydrogen-bond acceptors (Lipinski definition) is 5. The lowest BCUT2D eigenvalue weighted by molar-refractivity contribution is -0.145. The van der Waals surface area contributed by atoms with Gasteiger partial charge in [0.15, 0.2) is 0 Å². The van der Waals surface area contributed by atoms with Crippen molar-refractivity contribution in [1.29, 1.82) is 0 Å². The molecule has 1 aromatic carbocycles. The normalized spacial score (nSPS) is 30.0. The van der Waals surface area contributed by atoms with E-state index in [4.69, 9.17) is 14.0 Å². The van der Waals surface area contributed by atoms with Crippen LogP contribution in [0.4, 0.5) is 5.69 Å². The van der Waals surface area contributed by atoms with Gasteiger partial charge in [0, 0.05) is 18.8 Å². The second-order valence-electron chi connectivity index (χ2n) is 10.8. The average Bonchev–Trinajstić information content (AvgIpc) is 3.35. The molecule has 172 valence electrons. The van der Waals surface area contributed by atoms with Crippen LogP contribution in [-0.4, -0.2) is 60.3 Å². The molecule has 0 bridgehead atoms. The van der Waals surface area contributed by atoms with Crippen LogP contribution in [0.3, 0.4) is 0 Å². The minimum atomic E-state index is -0.579. The lowest BCUT2D eigenvalue weighted by atomic mass is 9.71. The number of fused-ring (bicyclic) bond motifs is 2. The molecule has 0 radical (unpaired) electrons. The van der Waals surface area contributed by atoms with Crippen molar-refractivity contribution in [3.8, 4) is 0 Å². The summed E-state index contributed by atoms with van der Waals surface area (Å²) in [6, 6.07) is 6.02. The monoisotopic (exact) mass is 440 g/mol. The molecule has 4 aliphatic rings. The first-order chi connectivity index (χ1) is 15.0. The number of likely N-dealkylation sites (tertiary alicyclic amines) is 1. The summed E-state index contributed by atoms with van der Waals surface area (Å²) in [5.74, 6) is 0.0929. The fraction of sp³-hybridized carbons (Fsp3) is 0.667. The molecule has 0 saturated carbocycles. The van der Waals surface area contributed by atoms with Gasteiger partial charge < -0.3 is 24.3 Å². The number of hydrogen-bond donors (Lipinski definition) is 1. The molecule has 2 amide bonds. The van der Waals surface area contributed by atoms with Crippen molar-refractivity contribution in [2.24, 2.45) is 0 Å². The minimum absolute atomic E-state index is 0.0244. The van der Waals surface area contributed by atoms with Gasteiger partial charge in [0.2, 0.25) is 5.91 Å². The van der Waals surface area contributed by atoms with Gasteiger partial charge in [0.1, 0.15) is 6.10 Å². The topological polar surface area (TPSA) is 77.1 Å². The summed E-state index contributed by atoms with van der Waals surface area (Å²) in [5, 5.41) is 3.09. The Bertz CT molecular complexity index is 938. The molecule has 4 heterocycles. The lowest BCUT2D eigenvalue weighted by Crippen LogP contribution is -2.50. The highest BCUT2D eigenvalue weighted by molar-refractivity contribution is 6.62. The predicted octanol–water partition coefficient (Wildman–Crippen LogP) is 2.37. The van der Waals surface area contributed by atoms with Gasteiger partial charge in [-0.05, 0) is 77.4 Å². The molecule has 1 aromatic rings. The van der Waals surface area contributed by atoms with Gasteiger partial charge in [-0.1, -0.05) is 12.1 Å². The maximum absolute atomic E-state index is 13.1. The van der Waals surface area contributed by atoms with E-state index in [9.17, 15) is 9.59 Å². The number of piperidine rings is 1. The van der Waals surface area contributed by atoms with E-state index < -0.39 is 23.7 Å². The maximum atomic E-state index is 13.1. The van der Waals surface area contributed by atoms with E-state index in [0.717, 1.165) is 29.6 Å². The molecule has 4 aliphatic heterocycles. The molecule has 3 fully saturated rings. The first-order valence-corrected chi connectivity index (χ1v) is 11.8. The first-order valence-electron chi connectivity index (χ1n) is 11.8. The van der Waals surface area contributed by atoms with Crippen LogP contribution in [0.2, 0.25) is 0 Å². The quantitative estimate of drug-likeness (QED) is 0.715. The largest absolute Gasteiger partial charge is 0.494 e. The third kappa shape index (κ3) is 3.30. The summed E-state index contributed by atoms with van der Waals surface area (Å²) in [5.41, 5.74) is 1.34. The molecule has 0 aromatic heterocycles. The predicted molar refractivity (Wildman–Crippen MR) is 122 cm³/mol. The van der Waals surface area contributed by atoms with Crippen LogP contribution in [-0.2, 0) is 29.0 Å². The SMILES string of the molecule is C[C@H]1CC[C@@H](C(=O)N2CCC3(CC2)C(=O)Nc2cc(B4OC(C)(C)C(C)(C)O4)ccc23)O1. The molecule has 1 N–H and O–H groups in total. The Kier molecular flexibility index (Phi) is 5.00. The summed E-state index contributed by atoms with van der Waals surface area (Å²) in [4.78, 5) is 27.8. The zero-order chi connectivity index (χ0) is 22.9. The van der Waals surface area contributed by atoms with Gasteiger partial charge in [-0.2, -0.15) is 0 Å². The van der Waals surface area contributed by atoms with E-state index in [1.54, 1.807) is 0 Å². The van der Waals surface area contributed by atoms with Gasteiger partial charge in [0.05, 0.1) is 22.7 Å². The number of nitrogens with zero attached hydrogens (tertiary/aromatic N) is 1. The Hall–Kier alpha value is -1.90. The van der Waals surface area contributed by atoms with Gasteiger partial charge in [-0.3, -0.25) is 9.59 Å². The van der Waals surface area contributed by atoms with Crippen LogP contribution in [0.25, 0.3) is 0 Å². The average molecular weight is 440 g/mol. The summed E-state index contributed by atoms with van der Waals surface area (Å²) in [7, 11) is -0.466. The Morgan fingerprint density at radius 1 is 1.09 bits per heavy atom. The van der Waals surface area contributed by atoms with Crippen LogP contribution in [0.15, 0.2) is 18.2 Å². The molecule has 0 unspecified atom stereocenters. The van der Waals surface area contributed by atoms with Crippen LogP contribution >= 0.6 is 0 Å². The highest BCUT2D eigenvalue weighted by atomic mass is 16.7. The van der Waals surface area contributed by atoms with Crippen molar-refractivity contribution in [2.45, 2.75) is 89.1 Å². The Morgan fingerprint density at radius 3 is 2.34 bits per heavy atom. The molecule has 3 saturated heterocycles. The van der Waals surface area contributed by atoms with Crippen LogP contribution in [0, 0.1) is 0 Å². The minimum Gasteiger partial charge on any atom is -0.399 e. The van der Waals surface area contributed by atoms with Gasteiger partial charge in [0.25, 0.3) is 5.91 Å². The Morgan fingerprint density at radius 2 is 1.75 bits per heavy atom. The molecule has 7 nitrogen and oxygen atoms in total. The number of carbonyl (C=O) groups excluding carboxylic acids is 2. The second kappa shape index (κ2) is 7.30. The zero-order valence-electron chi connectivity index (χ0n) is 19.7. The standard InChI is InChI=1S/C24H33BN2O5/c1-15-6-9-19(30-15)20(28)27-12-10-24(11-13-27)17-8-7-16(14-18(17)26-21(24)29)25-31-22(2,3)23(4,5)32-25/h7-8,14-15,19H,6,9-13H2,1-5H3,(H,26,29)/t15-,19-/m0/s1. The maximum Gasteiger partial charge on any atom is 0.494 e. The van der Waals surface area contributed by atoms with Crippen molar-refractivity contribution < 1.29 is 23.6 Å². The first kappa shape index (κ1) is 21.9. The second-order valence-corrected chi connectivity index (χ2v) is 10.8. The van der Waals surface area contributed by atoms with Crippen molar-refractivity contribution in [3.05, 3.63) is 23.8 Å². The molecule has 2 atom stereocenters. The lowest BCUT2D eigenvalue weighted by Gasteiger charge is -2.38. The van der Waals surface area contributed by atoms with E-state index in [-0.39, 0.29) is 24.0 Å². The molecule has 32 heavy (non-hydrogen) atoms. The Balaban J connectivity index is 1.32. The molecule has 1 spiro atoms. The van der Waals surface area contributed by atoms with E-state index in [0.29, 0.717) is 25.9 Å². The third-order valence-corrected chi connectivity index (χ3v) is 8.20. The highest BCUT2D eigenvalue weighted by Crippen LogP contribution is 2.45. The zero-order valence-corrected chi connectivity index (χ0v) is 19.7. The summed E-state index contributed by atoms with van der Waals surface area (Å²) in [6.45, 7) is 11.3. The van der Waals surface area contributed by atoms with Crippen molar-refractivity contribution in [1.82, 2.24) is 4.90 Å². The van der Waals surface area contributed by atoms with Crippen LogP contribution in [0.1, 0.15) is 65.9 Å². The van der Waals surface area contributed by atoms with Gasteiger partial charge in [-0.25, -0.2) is 0 Å². The number of carbonyl (C=O) groups is 2. The van der Waals surface area contributed by atoms with Crippen molar-refractivity contribution in [3.63, 3.8) is 0 Å². The summed E-state index contributed by atoms with van der Waals surface area (Å²) < 4.78 is 18.1. The number of benzene rings is 1. The smallest absolute Gasteiger partial charge is 0.399 e.